The molecule has 2 N–H and O–H groups in total. The first kappa shape index (κ1) is 16.6. The smallest absolute Gasteiger partial charge is 0.328 e. The van der Waals surface area contributed by atoms with Crippen LogP contribution in [0.25, 0.3) is 0 Å². The second-order valence-corrected chi connectivity index (χ2v) is 1.01. The zero-order valence-electron chi connectivity index (χ0n) is 4.47. The average Bonchev–Trinajstić information content (AvgIpc) is 1.61. The van der Waals surface area contributed by atoms with Crippen molar-refractivity contribution in [3.8, 4) is 0 Å². The van der Waals surface area contributed by atoms with Gasteiger partial charge in [0.25, 0.3) is 0 Å². The van der Waals surface area contributed by atoms with E-state index in [0.29, 0.717) is 12.2 Å². The minimum Gasteiger partial charge on any atom is -0.478 e. The van der Waals surface area contributed by atoms with Gasteiger partial charge in [0.1, 0.15) is 0 Å². The van der Waals surface area contributed by atoms with E-state index >= 15 is 0 Å². The summed E-state index contributed by atoms with van der Waals surface area (Å²) in [4.78, 5) is 19.1. The Hall–Kier alpha value is 0.161. The van der Waals surface area contributed by atoms with E-state index in [2.05, 4.69) is 0 Å². The number of carboxylic acids is 2. The van der Waals surface area contributed by atoms with E-state index < -0.39 is 11.9 Å². The SMILES string of the molecule is O=C(O)/C=C/C(=O)O.[Ag].[Ag]. The molecule has 0 aliphatic rings. The Morgan fingerprint density at radius 1 is 0.900 bits per heavy atom. The molecule has 0 aromatic rings. The summed E-state index contributed by atoms with van der Waals surface area (Å²) in [6.07, 6.45) is 1.12. The molecule has 0 rings (SSSR count). The summed E-state index contributed by atoms with van der Waals surface area (Å²) in [5.74, 6) is -2.51. The van der Waals surface area contributed by atoms with Crippen LogP contribution >= 0.6 is 0 Å². The molecule has 0 fully saturated rings. The topological polar surface area (TPSA) is 74.6 Å². The van der Waals surface area contributed by atoms with Gasteiger partial charge in [0.15, 0.2) is 0 Å². The van der Waals surface area contributed by atoms with Crippen molar-refractivity contribution in [1.82, 2.24) is 0 Å². The second-order valence-electron chi connectivity index (χ2n) is 1.01. The number of hydrogen-bond acceptors (Lipinski definition) is 2. The Balaban J connectivity index is -0.000000245. The zero-order valence-corrected chi connectivity index (χ0v) is 7.43. The van der Waals surface area contributed by atoms with Gasteiger partial charge in [-0.2, -0.15) is 0 Å². The van der Waals surface area contributed by atoms with Gasteiger partial charge in [0, 0.05) is 56.9 Å². The summed E-state index contributed by atoms with van der Waals surface area (Å²) < 4.78 is 0. The van der Waals surface area contributed by atoms with Crippen molar-refractivity contribution < 1.29 is 64.6 Å². The van der Waals surface area contributed by atoms with Crippen LogP contribution in [0.1, 0.15) is 0 Å². The van der Waals surface area contributed by atoms with Crippen LogP contribution in [0, 0.1) is 0 Å². The minimum atomic E-state index is -1.26. The van der Waals surface area contributed by atoms with Crippen molar-refractivity contribution >= 4 is 11.9 Å². The fourth-order valence-corrected chi connectivity index (χ4v) is 0.143. The molecule has 2 radical (unpaired) electrons. The molecular weight excluding hydrogens is 328 g/mol. The third-order valence-corrected chi connectivity index (χ3v) is 0.368. The second kappa shape index (κ2) is 9.16. The van der Waals surface area contributed by atoms with Gasteiger partial charge in [-0.25, -0.2) is 9.59 Å². The van der Waals surface area contributed by atoms with Crippen molar-refractivity contribution in [3.63, 3.8) is 0 Å². The Bertz CT molecular complexity index is 126. The molecule has 0 atom stereocenters. The molecule has 10 heavy (non-hydrogen) atoms. The van der Waals surface area contributed by atoms with Gasteiger partial charge < -0.3 is 10.2 Å². The predicted molar refractivity (Wildman–Crippen MR) is 24.4 cm³/mol. The van der Waals surface area contributed by atoms with Crippen LogP contribution in [-0.2, 0) is 54.3 Å². The van der Waals surface area contributed by atoms with Gasteiger partial charge >= 0.3 is 11.9 Å². The summed E-state index contributed by atoms with van der Waals surface area (Å²) in [5, 5.41) is 15.6. The normalized spacial score (nSPS) is 7.60. The molecule has 0 heterocycles. The van der Waals surface area contributed by atoms with E-state index in [1.165, 1.54) is 0 Å². The fourth-order valence-electron chi connectivity index (χ4n) is 0.143. The number of carboxylic acid groups (broad SMARTS) is 2. The van der Waals surface area contributed by atoms with E-state index in [-0.39, 0.29) is 44.8 Å². The Labute approximate surface area is 88.3 Å². The number of carbonyl (C=O) groups is 2. The van der Waals surface area contributed by atoms with Gasteiger partial charge in [0.2, 0.25) is 0 Å². The molecule has 66 valence electrons. The first-order valence-corrected chi connectivity index (χ1v) is 1.77. The van der Waals surface area contributed by atoms with Crippen LogP contribution in [0.4, 0.5) is 0 Å². The maximum absolute atomic E-state index is 9.55. The van der Waals surface area contributed by atoms with Crippen LogP contribution < -0.4 is 0 Å². The van der Waals surface area contributed by atoms with Crippen LogP contribution in [0.5, 0.6) is 0 Å². The molecule has 4 nitrogen and oxygen atoms in total. The molecule has 0 spiro atoms. The van der Waals surface area contributed by atoms with E-state index in [9.17, 15) is 9.59 Å². The third-order valence-electron chi connectivity index (χ3n) is 0.368. The summed E-state index contributed by atoms with van der Waals surface area (Å²) in [5.41, 5.74) is 0. The van der Waals surface area contributed by atoms with Gasteiger partial charge in [-0.3, -0.25) is 0 Å². The van der Waals surface area contributed by atoms with Crippen molar-refractivity contribution in [3.05, 3.63) is 12.2 Å². The van der Waals surface area contributed by atoms with Crippen LogP contribution in [-0.4, -0.2) is 22.2 Å². The van der Waals surface area contributed by atoms with E-state index in [1.807, 2.05) is 0 Å². The Kier molecular flexibility index (Phi) is 15.2. The molecule has 0 saturated carbocycles. The molecule has 0 aliphatic heterocycles. The summed E-state index contributed by atoms with van der Waals surface area (Å²) >= 11 is 0. The number of aliphatic carboxylic acids is 2. The monoisotopic (exact) mass is 330 g/mol. The molecule has 6 heteroatoms. The van der Waals surface area contributed by atoms with Gasteiger partial charge in [-0.15, -0.1) is 0 Å². The first-order valence-electron chi connectivity index (χ1n) is 1.77. The fraction of sp³-hybridized carbons (Fsp3) is 0. The largest absolute Gasteiger partial charge is 0.478 e. The van der Waals surface area contributed by atoms with Crippen LogP contribution in [0.2, 0.25) is 0 Å². The Morgan fingerprint density at radius 2 is 1.10 bits per heavy atom. The van der Waals surface area contributed by atoms with Crippen molar-refractivity contribution in [2.45, 2.75) is 0 Å². The van der Waals surface area contributed by atoms with Gasteiger partial charge in [-0.1, -0.05) is 0 Å². The van der Waals surface area contributed by atoms with Crippen molar-refractivity contribution in [2.24, 2.45) is 0 Å². The summed E-state index contributed by atoms with van der Waals surface area (Å²) in [6.45, 7) is 0. The summed E-state index contributed by atoms with van der Waals surface area (Å²) in [6, 6.07) is 0. The third kappa shape index (κ3) is 15.7. The molecule has 0 unspecified atom stereocenters. The molecule has 0 aliphatic carbocycles. The van der Waals surface area contributed by atoms with E-state index in [1.54, 1.807) is 0 Å². The Morgan fingerprint density at radius 3 is 1.20 bits per heavy atom. The van der Waals surface area contributed by atoms with Crippen LogP contribution in [0.3, 0.4) is 0 Å². The average molecular weight is 332 g/mol. The maximum atomic E-state index is 9.55. The molecule has 0 aromatic heterocycles. The first-order chi connectivity index (χ1) is 3.63. The predicted octanol–water partition coefficient (Wildman–Crippen LogP) is -0.293. The molecular formula is C4H4Ag2O4. The molecule has 0 aromatic carbocycles. The minimum absolute atomic E-state index is 0. The van der Waals surface area contributed by atoms with Gasteiger partial charge in [0.05, 0.1) is 0 Å². The molecule has 0 saturated heterocycles. The molecule has 0 bridgehead atoms. The van der Waals surface area contributed by atoms with Crippen molar-refractivity contribution in [2.75, 3.05) is 0 Å². The quantitative estimate of drug-likeness (QED) is 0.538. The van der Waals surface area contributed by atoms with E-state index in [0.717, 1.165) is 0 Å². The number of rotatable bonds is 2. The van der Waals surface area contributed by atoms with E-state index in [4.69, 9.17) is 10.2 Å². The van der Waals surface area contributed by atoms with Gasteiger partial charge in [-0.05, 0) is 0 Å². The van der Waals surface area contributed by atoms with Crippen molar-refractivity contribution in [1.29, 1.82) is 0 Å². The zero-order chi connectivity index (χ0) is 6.57. The molecule has 0 amide bonds. The number of hydrogen-bond donors (Lipinski definition) is 2. The maximum Gasteiger partial charge on any atom is 0.328 e. The van der Waals surface area contributed by atoms with Crippen LogP contribution in [0.15, 0.2) is 12.2 Å². The summed E-state index contributed by atoms with van der Waals surface area (Å²) in [7, 11) is 0. The standard InChI is InChI=1S/C4H4O4.2Ag/c5-3(6)1-2-4(7)8;;/h1-2H,(H,5,6)(H,7,8);;/b2-1+;;.